The predicted octanol–water partition coefficient (Wildman–Crippen LogP) is 4.57. The maximum atomic E-state index is 14.8. The molecule has 214 valence electrons. The maximum Gasteiger partial charge on any atom is 0.244 e. The summed E-state index contributed by atoms with van der Waals surface area (Å²) in [6.45, 7) is 5.48. The van der Waals surface area contributed by atoms with Gasteiger partial charge in [0.05, 0.1) is 11.9 Å². The van der Waals surface area contributed by atoms with E-state index in [0.717, 1.165) is 21.7 Å². The van der Waals surface area contributed by atoms with Crippen LogP contribution < -0.4 is 9.62 Å². The van der Waals surface area contributed by atoms with E-state index in [1.165, 1.54) is 11.0 Å². The molecule has 0 heterocycles. The topological polar surface area (TPSA) is 86.8 Å². The van der Waals surface area contributed by atoms with Gasteiger partial charge < -0.3 is 10.2 Å². The zero-order valence-electron chi connectivity index (χ0n) is 23.5. The van der Waals surface area contributed by atoms with Crippen LogP contribution in [0.15, 0.2) is 78.9 Å². The third-order valence-corrected chi connectivity index (χ3v) is 7.70. The van der Waals surface area contributed by atoms with Crippen molar-refractivity contribution in [3.05, 3.63) is 101 Å². The molecule has 3 aromatic rings. The first-order chi connectivity index (χ1) is 19.0. The van der Waals surface area contributed by atoms with Crippen molar-refractivity contribution in [3.63, 3.8) is 0 Å². The number of benzene rings is 3. The van der Waals surface area contributed by atoms with Gasteiger partial charge in [0, 0.05) is 25.1 Å². The van der Waals surface area contributed by atoms with E-state index in [1.807, 2.05) is 63.2 Å². The van der Waals surface area contributed by atoms with E-state index in [1.54, 1.807) is 30.3 Å². The van der Waals surface area contributed by atoms with Crippen LogP contribution in [-0.4, -0.2) is 50.5 Å². The van der Waals surface area contributed by atoms with Gasteiger partial charge in [0.25, 0.3) is 0 Å². The largest absolute Gasteiger partial charge is 0.354 e. The first-order valence-electron chi connectivity index (χ1n) is 13.4. The molecule has 0 spiro atoms. The van der Waals surface area contributed by atoms with Gasteiger partial charge >= 0.3 is 0 Å². The van der Waals surface area contributed by atoms with Gasteiger partial charge in [0.1, 0.15) is 18.4 Å². The molecule has 0 aliphatic carbocycles. The molecule has 0 aromatic heterocycles. The Kier molecular flexibility index (Phi) is 10.8. The molecule has 0 bridgehead atoms. The average Bonchev–Trinajstić information content (AvgIpc) is 2.93. The summed E-state index contributed by atoms with van der Waals surface area (Å²) >= 11 is 0. The predicted molar refractivity (Wildman–Crippen MR) is 157 cm³/mol. The van der Waals surface area contributed by atoms with Crippen LogP contribution in [0.25, 0.3) is 0 Å². The summed E-state index contributed by atoms with van der Waals surface area (Å²) in [5, 5.41) is 2.91. The molecule has 9 heteroatoms. The van der Waals surface area contributed by atoms with E-state index in [9.17, 15) is 22.4 Å². The van der Waals surface area contributed by atoms with Crippen LogP contribution in [-0.2, 0) is 39.0 Å². The number of sulfonamides is 1. The Bertz CT molecular complexity index is 1400. The Labute approximate surface area is 237 Å². The number of carbonyl (C=O) groups excluding carboxylic acids is 2. The second-order valence-corrected chi connectivity index (χ2v) is 12.1. The van der Waals surface area contributed by atoms with E-state index in [4.69, 9.17) is 0 Å². The van der Waals surface area contributed by atoms with Crippen molar-refractivity contribution in [2.75, 3.05) is 23.7 Å². The molecular formula is C31H38FN3O4S. The second kappa shape index (κ2) is 14.1. The summed E-state index contributed by atoms with van der Waals surface area (Å²) in [5.74, 6) is -1.34. The summed E-state index contributed by atoms with van der Waals surface area (Å²) in [5.41, 5.74) is 2.20. The summed E-state index contributed by atoms with van der Waals surface area (Å²) in [7, 11) is -3.88. The summed E-state index contributed by atoms with van der Waals surface area (Å²) < 4.78 is 41.8. The molecule has 2 amide bonds. The van der Waals surface area contributed by atoms with Gasteiger partial charge in [0.15, 0.2) is 0 Å². The molecule has 7 nitrogen and oxygen atoms in total. The maximum absolute atomic E-state index is 14.8. The SMILES string of the molecule is CCc1ccccc1N(CC(=O)N(Cc1ccccc1F)[C@@H](Cc1ccccc1)C(=O)NCC(C)C)S(C)(=O)=O. The number of halogens is 1. The van der Waals surface area contributed by atoms with Crippen LogP contribution in [0.1, 0.15) is 37.5 Å². The molecule has 0 saturated carbocycles. The lowest BCUT2D eigenvalue weighted by molar-refractivity contribution is -0.140. The van der Waals surface area contributed by atoms with Crippen molar-refractivity contribution in [1.82, 2.24) is 10.2 Å². The Morgan fingerprint density at radius 2 is 1.50 bits per heavy atom. The second-order valence-electron chi connectivity index (χ2n) is 10.2. The number of hydrogen-bond acceptors (Lipinski definition) is 4. The highest BCUT2D eigenvalue weighted by molar-refractivity contribution is 7.92. The van der Waals surface area contributed by atoms with Crippen LogP contribution in [0.3, 0.4) is 0 Å². The number of anilines is 1. The molecule has 3 aromatic carbocycles. The van der Waals surface area contributed by atoms with Gasteiger partial charge in [-0.25, -0.2) is 12.8 Å². The van der Waals surface area contributed by atoms with E-state index >= 15 is 0 Å². The Morgan fingerprint density at radius 1 is 0.900 bits per heavy atom. The summed E-state index contributed by atoms with van der Waals surface area (Å²) in [6.07, 6.45) is 1.78. The molecule has 1 N–H and O–H groups in total. The Hall–Kier alpha value is -3.72. The minimum Gasteiger partial charge on any atom is -0.354 e. The van der Waals surface area contributed by atoms with Crippen LogP contribution in [0.2, 0.25) is 0 Å². The molecule has 0 fully saturated rings. The normalized spacial score (nSPS) is 12.2. The molecule has 0 aliphatic heterocycles. The number of nitrogens with one attached hydrogen (secondary N) is 1. The Morgan fingerprint density at radius 3 is 2.10 bits per heavy atom. The lowest BCUT2D eigenvalue weighted by atomic mass is 10.0. The highest BCUT2D eigenvalue weighted by Crippen LogP contribution is 2.25. The third kappa shape index (κ3) is 8.39. The van der Waals surface area contributed by atoms with Gasteiger partial charge in [-0.15, -0.1) is 0 Å². The number of nitrogens with zero attached hydrogens (tertiary/aromatic N) is 2. The molecular weight excluding hydrogens is 529 g/mol. The zero-order valence-corrected chi connectivity index (χ0v) is 24.3. The highest BCUT2D eigenvalue weighted by Gasteiger charge is 2.33. The molecule has 40 heavy (non-hydrogen) atoms. The van der Waals surface area contributed by atoms with Gasteiger partial charge in [-0.3, -0.25) is 13.9 Å². The molecule has 1 atom stereocenters. The highest BCUT2D eigenvalue weighted by atomic mass is 32.2. The fourth-order valence-corrected chi connectivity index (χ4v) is 5.31. The number of para-hydroxylation sites is 1. The molecule has 3 rings (SSSR count). The monoisotopic (exact) mass is 567 g/mol. The fourth-order valence-electron chi connectivity index (χ4n) is 4.43. The number of hydrogen-bond donors (Lipinski definition) is 1. The van der Waals surface area contributed by atoms with Crippen LogP contribution in [0, 0.1) is 11.7 Å². The minimum absolute atomic E-state index is 0.170. The molecule has 0 radical (unpaired) electrons. The first kappa shape index (κ1) is 30.8. The number of aryl methyl sites for hydroxylation is 1. The number of rotatable bonds is 13. The number of amides is 2. The minimum atomic E-state index is -3.88. The smallest absolute Gasteiger partial charge is 0.244 e. The van der Waals surface area contributed by atoms with Crippen molar-refractivity contribution < 1.29 is 22.4 Å². The summed E-state index contributed by atoms with van der Waals surface area (Å²) in [6, 6.07) is 21.3. The van der Waals surface area contributed by atoms with E-state index in [0.29, 0.717) is 18.7 Å². The molecule has 0 saturated heterocycles. The quantitative estimate of drug-likeness (QED) is 0.328. The van der Waals surface area contributed by atoms with Crippen LogP contribution in [0.4, 0.5) is 10.1 Å². The molecule has 0 aliphatic rings. The van der Waals surface area contributed by atoms with Crippen molar-refractivity contribution in [2.24, 2.45) is 5.92 Å². The van der Waals surface area contributed by atoms with Crippen molar-refractivity contribution >= 4 is 27.5 Å². The number of carbonyl (C=O) groups is 2. The standard InChI is InChI=1S/C31H38FN3O4S/c1-5-25-15-10-12-18-28(25)35(40(4,38)39)22-30(36)34(21-26-16-9-11-17-27(26)32)29(31(37)33-20-23(2)3)19-24-13-7-6-8-14-24/h6-18,23,29H,5,19-22H2,1-4H3,(H,33,37)/t29-/m0/s1. The van der Waals surface area contributed by atoms with Gasteiger partial charge in [-0.05, 0) is 35.6 Å². The van der Waals surface area contributed by atoms with E-state index in [2.05, 4.69) is 5.32 Å². The van der Waals surface area contributed by atoms with Crippen molar-refractivity contribution in [3.8, 4) is 0 Å². The van der Waals surface area contributed by atoms with Gasteiger partial charge in [0.2, 0.25) is 21.8 Å². The van der Waals surface area contributed by atoms with E-state index in [-0.39, 0.29) is 30.4 Å². The third-order valence-electron chi connectivity index (χ3n) is 6.57. The van der Waals surface area contributed by atoms with Gasteiger partial charge in [-0.1, -0.05) is 87.5 Å². The van der Waals surface area contributed by atoms with Crippen LogP contribution >= 0.6 is 0 Å². The van der Waals surface area contributed by atoms with Crippen molar-refractivity contribution in [1.29, 1.82) is 0 Å². The van der Waals surface area contributed by atoms with Crippen molar-refractivity contribution in [2.45, 2.75) is 46.2 Å². The first-order valence-corrected chi connectivity index (χ1v) is 15.3. The summed E-state index contributed by atoms with van der Waals surface area (Å²) in [4.78, 5) is 29.0. The lowest BCUT2D eigenvalue weighted by Crippen LogP contribution is -2.53. The lowest BCUT2D eigenvalue weighted by Gasteiger charge is -2.34. The zero-order chi connectivity index (χ0) is 29.3. The fraction of sp³-hybridized carbons (Fsp3) is 0.355. The van der Waals surface area contributed by atoms with Gasteiger partial charge in [-0.2, -0.15) is 0 Å². The average molecular weight is 568 g/mol. The van der Waals surface area contributed by atoms with E-state index < -0.39 is 34.3 Å². The van der Waals surface area contributed by atoms with Crippen LogP contribution in [0.5, 0.6) is 0 Å². The Balaban J connectivity index is 2.08. The molecule has 0 unspecified atom stereocenters.